The lowest BCUT2D eigenvalue weighted by Crippen LogP contribution is -2.54. The van der Waals surface area contributed by atoms with E-state index >= 15 is 0 Å². The topological polar surface area (TPSA) is 24.5 Å². The highest BCUT2D eigenvalue weighted by atomic mass is 16.5. The summed E-state index contributed by atoms with van der Waals surface area (Å²) in [6, 6.07) is 0. The van der Waals surface area contributed by atoms with Crippen LogP contribution in [0.4, 0.5) is 0 Å². The van der Waals surface area contributed by atoms with Gasteiger partial charge < -0.3 is 10.1 Å². The van der Waals surface area contributed by atoms with Crippen LogP contribution in [0, 0.1) is 5.92 Å². The van der Waals surface area contributed by atoms with Gasteiger partial charge in [-0.05, 0) is 45.7 Å². The standard InChI is InChI=1S/C13H26N2O/c1-11-9-14-6-4-7-15(10-11)13(3)5-8-16-12(13)2/h11-12,14H,4-10H2,1-3H3. The third-order valence-corrected chi connectivity index (χ3v) is 4.38. The van der Waals surface area contributed by atoms with Gasteiger partial charge in [0.1, 0.15) is 0 Å². The molecule has 2 heterocycles. The number of rotatable bonds is 1. The van der Waals surface area contributed by atoms with Crippen molar-refractivity contribution < 1.29 is 4.74 Å². The van der Waals surface area contributed by atoms with E-state index in [1.54, 1.807) is 0 Å². The molecule has 3 atom stereocenters. The van der Waals surface area contributed by atoms with E-state index in [0.717, 1.165) is 25.6 Å². The molecule has 16 heavy (non-hydrogen) atoms. The van der Waals surface area contributed by atoms with Crippen molar-refractivity contribution in [2.75, 3.05) is 32.8 Å². The molecule has 2 aliphatic heterocycles. The molecule has 2 saturated heterocycles. The Labute approximate surface area is 99.5 Å². The van der Waals surface area contributed by atoms with Crippen molar-refractivity contribution in [1.29, 1.82) is 0 Å². The Morgan fingerprint density at radius 3 is 2.88 bits per heavy atom. The van der Waals surface area contributed by atoms with Gasteiger partial charge in [-0.25, -0.2) is 0 Å². The van der Waals surface area contributed by atoms with Crippen LogP contribution in [0.3, 0.4) is 0 Å². The van der Waals surface area contributed by atoms with Gasteiger partial charge in [0.2, 0.25) is 0 Å². The molecule has 0 radical (unpaired) electrons. The molecule has 3 heteroatoms. The zero-order valence-corrected chi connectivity index (χ0v) is 11.0. The maximum absolute atomic E-state index is 5.77. The molecule has 0 aromatic heterocycles. The van der Waals surface area contributed by atoms with Crippen LogP contribution in [-0.2, 0) is 4.74 Å². The van der Waals surface area contributed by atoms with Crippen LogP contribution in [0.2, 0.25) is 0 Å². The summed E-state index contributed by atoms with van der Waals surface area (Å²) in [6.45, 7) is 12.6. The number of hydrogen-bond acceptors (Lipinski definition) is 3. The van der Waals surface area contributed by atoms with Gasteiger partial charge in [-0.15, -0.1) is 0 Å². The van der Waals surface area contributed by atoms with Gasteiger partial charge in [-0.1, -0.05) is 6.92 Å². The highest BCUT2D eigenvalue weighted by Gasteiger charge is 2.42. The fraction of sp³-hybridized carbons (Fsp3) is 1.00. The molecule has 2 rings (SSSR count). The van der Waals surface area contributed by atoms with Crippen molar-refractivity contribution in [2.45, 2.75) is 45.3 Å². The Hall–Kier alpha value is -0.120. The molecule has 94 valence electrons. The molecule has 0 aliphatic carbocycles. The largest absolute Gasteiger partial charge is 0.377 e. The number of hydrogen-bond donors (Lipinski definition) is 1. The summed E-state index contributed by atoms with van der Waals surface area (Å²) in [4.78, 5) is 2.68. The second-order valence-corrected chi connectivity index (χ2v) is 5.73. The van der Waals surface area contributed by atoms with Gasteiger partial charge >= 0.3 is 0 Å². The number of ether oxygens (including phenoxy) is 1. The van der Waals surface area contributed by atoms with Crippen LogP contribution in [0.15, 0.2) is 0 Å². The molecule has 0 aromatic carbocycles. The molecule has 0 spiro atoms. The molecule has 2 aliphatic rings. The number of nitrogens with one attached hydrogen (secondary N) is 1. The van der Waals surface area contributed by atoms with Crippen molar-refractivity contribution >= 4 is 0 Å². The predicted octanol–water partition coefficient (Wildman–Crippen LogP) is 1.49. The van der Waals surface area contributed by atoms with Gasteiger partial charge in [0.15, 0.2) is 0 Å². The lowest BCUT2D eigenvalue weighted by atomic mass is 9.90. The van der Waals surface area contributed by atoms with Crippen molar-refractivity contribution in [3.8, 4) is 0 Å². The minimum absolute atomic E-state index is 0.269. The summed E-state index contributed by atoms with van der Waals surface area (Å²) in [5.74, 6) is 0.741. The normalized spacial score (nSPS) is 42.9. The summed E-state index contributed by atoms with van der Waals surface area (Å²) in [6.07, 6.45) is 2.83. The Bertz CT molecular complexity index is 234. The molecule has 0 amide bonds. The smallest absolute Gasteiger partial charge is 0.0728 e. The molecule has 0 saturated carbocycles. The van der Waals surface area contributed by atoms with Gasteiger partial charge in [0, 0.05) is 25.2 Å². The SMILES string of the molecule is CC1CNCCCN(C2(C)CCOC2C)C1. The van der Waals surface area contributed by atoms with E-state index in [4.69, 9.17) is 4.74 Å². The second-order valence-electron chi connectivity index (χ2n) is 5.73. The molecule has 0 aromatic rings. The lowest BCUT2D eigenvalue weighted by Gasteiger charge is -2.43. The average molecular weight is 226 g/mol. The van der Waals surface area contributed by atoms with Gasteiger partial charge in [0.05, 0.1) is 6.10 Å². The number of nitrogens with zero attached hydrogens (tertiary/aromatic N) is 1. The summed E-state index contributed by atoms with van der Waals surface area (Å²) in [7, 11) is 0. The first-order valence-electron chi connectivity index (χ1n) is 6.70. The summed E-state index contributed by atoms with van der Waals surface area (Å²) < 4.78 is 5.77. The molecular weight excluding hydrogens is 200 g/mol. The lowest BCUT2D eigenvalue weighted by molar-refractivity contribution is 0.00983. The predicted molar refractivity (Wildman–Crippen MR) is 66.7 cm³/mol. The maximum atomic E-state index is 5.77. The van der Waals surface area contributed by atoms with Gasteiger partial charge in [-0.2, -0.15) is 0 Å². The van der Waals surface area contributed by atoms with E-state index in [1.807, 2.05) is 0 Å². The van der Waals surface area contributed by atoms with Crippen molar-refractivity contribution in [3.63, 3.8) is 0 Å². The molecule has 1 N–H and O–H groups in total. The quantitative estimate of drug-likeness (QED) is 0.733. The van der Waals surface area contributed by atoms with Crippen LogP contribution in [0.5, 0.6) is 0 Å². The van der Waals surface area contributed by atoms with E-state index < -0.39 is 0 Å². The van der Waals surface area contributed by atoms with Crippen molar-refractivity contribution in [3.05, 3.63) is 0 Å². The van der Waals surface area contributed by atoms with Gasteiger partial charge in [0.25, 0.3) is 0 Å². The zero-order chi connectivity index (χ0) is 11.6. The molecule has 2 fully saturated rings. The van der Waals surface area contributed by atoms with E-state index in [0.29, 0.717) is 6.10 Å². The third-order valence-electron chi connectivity index (χ3n) is 4.38. The minimum atomic E-state index is 0.269. The Morgan fingerprint density at radius 2 is 2.19 bits per heavy atom. The first-order valence-corrected chi connectivity index (χ1v) is 6.70. The van der Waals surface area contributed by atoms with Crippen LogP contribution < -0.4 is 5.32 Å². The Balaban J connectivity index is 2.04. The minimum Gasteiger partial charge on any atom is -0.377 e. The maximum Gasteiger partial charge on any atom is 0.0728 e. The van der Waals surface area contributed by atoms with Crippen LogP contribution in [-0.4, -0.2) is 49.3 Å². The average Bonchev–Trinajstić information content (AvgIpc) is 2.54. The third kappa shape index (κ3) is 2.41. The Kier molecular flexibility index (Phi) is 3.88. The summed E-state index contributed by atoms with van der Waals surface area (Å²) in [5.41, 5.74) is 0.269. The van der Waals surface area contributed by atoms with Crippen LogP contribution in [0.25, 0.3) is 0 Å². The molecular formula is C13H26N2O. The fourth-order valence-electron chi connectivity index (χ4n) is 2.98. The zero-order valence-electron chi connectivity index (χ0n) is 11.0. The fourth-order valence-corrected chi connectivity index (χ4v) is 2.98. The van der Waals surface area contributed by atoms with Crippen molar-refractivity contribution in [1.82, 2.24) is 10.2 Å². The Morgan fingerprint density at radius 1 is 1.38 bits per heavy atom. The summed E-state index contributed by atoms with van der Waals surface area (Å²) >= 11 is 0. The highest BCUT2D eigenvalue weighted by Crippen LogP contribution is 2.32. The second kappa shape index (κ2) is 5.03. The highest BCUT2D eigenvalue weighted by molar-refractivity contribution is 4.96. The van der Waals surface area contributed by atoms with Gasteiger partial charge in [-0.3, -0.25) is 4.90 Å². The van der Waals surface area contributed by atoms with E-state index in [-0.39, 0.29) is 5.54 Å². The van der Waals surface area contributed by atoms with Crippen LogP contribution in [0.1, 0.15) is 33.6 Å². The molecule has 3 unspecified atom stereocenters. The molecule has 0 bridgehead atoms. The van der Waals surface area contributed by atoms with E-state index in [2.05, 4.69) is 31.0 Å². The van der Waals surface area contributed by atoms with Crippen LogP contribution >= 0.6 is 0 Å². The van der Waals surface area contributed by atoms with E-state index in [9.17, 15) is 0 Å². The molecule has 3 nitrogen and oxygen atoms in total. The first kappa shape index (κ1) is 12.3. The summed E-state index contributed by atoms with van der Waals surface area (Å²) in [5, 5.41) is 3.51. The monoisotopic (exact) mass is 226 g/mol. The first-order chi connectivity index (χ1) is 7.63. The van der Waals surface area contributed by atoms with E-state index in [1.165, 1.54) is 25.9 Å². The van der Waals surface area contributed by atoms with Crippen molar-refractivity contribution in [2.24, 2.45) is 5.92 Å².